The molecule has 0 aliphatic rings. The highest BCUT2D eigenvalue weighted by molar-refractivity contribution is 7.75. The molecule has 0 saturated heterocycles. The van der Waals surface area contributed by atoms with Crippen molar-refractivity contribution < 1.29 is 17.0 Å². The second-order valence-corrected chi connectivity index (χ2v) is 18.6. The van der Waals surface area contributed by atoms with Crippen LogP contribution in [-0.4, -0.2) is 24.6 Å². The molecule has 0 amide bonds. The molecular formula is C40H84BrP. The molecule has 0 aliphatic carbocycles. The minimum atomic E-state index is -0.747. The van der Waals surface area contributed by atoms with Gasteiger partial charge in [-0.25, -0.2) is 0 Å². The normalized spacial score (nSPS) is 11.7. The minimum absolute atomic E-state index is 0. The Morgan fingerprint density at radius 2 is 0.357 bits per heavy atom. The van der Waals surface area contributed by atoms with E-state index in [-0.39, 0.29) is 17.0 Å². The van der Waals surface area contributed by atoms with Gasteiger partial charge >= 0.3 is 0 Å². The zero-order chi connectivity index (χ0) is 30.0. The average molecular weight is 676 g/mol. The monoisotopic (exact) mass is 675 g/mol. The van der Waals surface area contributed by atoms with Crippen molar-refractivity contribution in [2.75, 3.05) is 24.6 Å². The lowest BCUT2D eigenvalue weighted by Gasteiger charge is -2.28. The number of rotatable bonds is 36. The molecule has 0 rings (SSSR count). The van der Waals surface area contributed by atoms with Crippen LogP contribution >= 0.6 is 7.26 Å². The molecule has 0 atom stereocenters. The van der Waals surface area contributed by atoms with Gasteiger partial charge < -0.3 is 17.0 Å². The van der Waals surface area contributed by atoms with Gasteiger partial charge in [-0.3, -0.25) is 0 Å². The molecule has 0 unspecified atom stereocenters. The topological polar surface area (TPSA) is 0 Å². The van der Waals surface area contributed by atoms with Gasteiger partial charge in [0.15, 0.2) is 0 Å². The highest BCUT2D eigenvalue weighted by Crippen LogP contribution is 2.61. The Labute approximate surface area is 281 Å². The van der Waals surface area contributed by atoms with Crippen molar-refractivity contribution in [1.82, 2.24) is 0 Å². The number of hydrogen-bond acceptors (Lipinski definition) is 0. The van der Waals surface area contributed by atoms with E-state index in [0.29, 0.717) is 0 Å². The summed E-state index contributed by atoms with van der Waals surface area (Å²) in [5.41, 5.74) is 0. The van der Waals surface area contributed by atoms with Crippen molar-refractivity contribution in [3.63, 3.8) is 0 Å². The lowest BCUT2D eigenvalue weighted by molar-refractivity contribution is -0.00000930. The van der Waals surface area contributed by atoms with E-state index in [4.69, 9.17) is 0 Å². The first-order valence-corrected chi connectivity index (χ1v) is 22.6. The van der Waals surface area contributed by atoms with Crippen LogP contribution in [0.1, 0.15) is 233 Å². The van der Waals surface area contributed by atoms with Crippen LogP contribution in [0.2, 0.25) is 0 Å². The summed E-state index contributed by atoms with van der Waals surface area (Å²) in [5.74, 6) is 0. The van der Waals surface area contributed by atoms with Gasteiger partial charge in [-0.15, -0.1) is 0 Å². The Morgan fingerprint density at radius 1 is 0.214 bits per heavy atom. The van der Waals surface area contributed by atoms with E-state index in [0.717, 1.165) is 0 Å². The van der Waals surface area contributed by atoms with Crippen LogP contribution in [-0.2, 0) is 0 Å². The van der Waals surface area contributed by atoms with Crippen LogP contribution in [0.4, 0.5) is 0 Å². The molecule has 256 valence electrons. The average Bonchev–Trinajstić information content (AvgIpc) is 2.98. The van der Waals surface area contributed by atoms with Crippen LogP contribution in [0.3, 0.4) is 0 Å². The molecule has 0 saturated carbocycles. The van der Waals surface area contributed by atoms with Gasteiger partial charge in [0.2, 0.25) is 0 Å². The van der Waals surface area contributed by atoms with E-state index in [9.17, 15) is 0 Å². The molecule has 2 heteroatoms. The van der Waals surface area contributed by atoms with Crippen LogP contribution in [0.15, 0.2) is 0 Å². The minimum Gasteiger partial charge on any atom is -1.00 e. The summed E-state index contributed by atoms with van der Waals surface area (Å²) < 4.78 is 0. The zero-order valence-electron chi connectivity index (χ0n) is 30.3. The standard InChI is InChI=1S/C40H84P.BrH/c1-5-9-13-17-21-22-23-24-25-26-27-28-32-36-40-41(37-33-29-18-14-10-6-2,38-34-30-19-15-11-7-3)39-35-31-20-16-12-8-4;/h5-40H2,1-4H3;1H/q+1;/p-1. The molecule has 42 heavy (non-hydrogen) atoms. The molecule has 0 nitrogen and oxygen atoms in total. The first-order chi connectivity index (χ1) is 20.2. The van der Waals surface area contributed by atoms with Crippen molar-refractivity contribution in [3.8, 4) is 0 Å². The molecule has 0 aromatic carbocycles. The molecule has 0 N–H and O–H groups in total. The molecule has 0 bridgehead atoms. The van der Waals surface area contributed by atoms with E-state index in [1.807, 2.05) is 0 Å². The molecule has 0 heterocycles. The van der Waals surface area contributed by atoms with Gasteiger partial charge in [0.1, 0.15) is 0 Å². The van der Waals surface area contributed by atoms with Crippen molar-refractivity contribution >= 4 is 7.26 Å². The van der Waals surface area contributed by atoms with Gasteiger partial charge in [0.25, 0.3) is 0 Å². The van der Waals surface area contributed by atoms with Crippen molar-refractivity contribution in [1.29, 1.82) is 0 Å². The summed E-state index contributed by atoms with van der Waals surface area (Å²) >= 11 is 0. The zero-order valence-corrected chi connectivity index (χ0v) is 32.8. The maximum absolute atomic E-state index is 2.36. The second-order valence-electron chi connectivity index (χ2n) is 14.1. The van der Waals surface area contributed by atoms with Crippen LogP contribution < -0.4 is 17.0 Å². The SMILES string of the molecule is CCCCCCCCCCCCCCCC[P+](CCCCCCCC)(CCCCCCCC)CCCCCCCC.[Br-]. The fraction of sp³-hybridized carbons (Fsp3) is 1.00. The lowest BCUT2D eigenvalue weighted by Crippen LogP contribution is -3.00. The Balaban J connectivity index is 0. The fourth-order valence-corrected chi connectivity index (χ4v) is 11.9. The van der Waals surface area contributed by atoms with Crippen molar-refractivity contribution in [2.45, 2.75) is 233 Å². The van der Waals surface area contributed by atoms with Crippen molar-refractivity contribution in [2.24, 2.45) is 0 Å². The lowest BCUT2D eigenvalue weighted by atomic mass is 10.0. The molecule has 0 aromatic heterocycles. The molecule has 0 spiro atoms. The smallest absolute Gasteiger partial charge is 0.0594 e. The van der Waals surface area contributed by atoms with Crippen molar-refractivity contribution in [3.05, 3.63) is 0 Å². The van der Waals surface area contributed by atoms with E-state index in [1.165, 1.54) is 180 Å². The summed E-state index contributed by atoms with van der Waals surface area (Å²) in [5, 5.41) is 0. The number of unbranched alkanes of at least 4 members (excludes halogenated alkanes) is 28. The number of hydrogen-bond donors (Lipinski definition) is 0. The largest absolute Gasteiger partial charge is 1.00 e. The first kappa shape index (κ1) is 45.0. The summed E-state index contributed by atoms with van der Waals surface area (Å²) in [6.45, 7) is 9.39. The van der Waals surface area contributed by atoms with E-state index < -0.39 is 7.26 Å². The third kappa shape index (κ3) is 32.3. The summed E-state index contributed by atoms with van der Waals surface area (Å²) in [6, 6.07) is 0. The molecule has 0 aromatic rings. The van der Waals surface area contributed by atoms with E-state index >= 15 is 0 Å². The van der Waals surface area contributed by atoms with E-state index in [1.54, 1.807) is 50.3 Å². The molecule has 0 fully saturated rings. The first-order valence-electron chi connectivity index (χ1n) is 20.1. The van der Waals surface area contributed by atoms with Gasteiger partial charge in [-0.2, -0.15) is 0 Å². The summed E-state index contributed by atoms with van der Waals surface area (Å²) in [6.07, 6.45) is 54.2. The van der Waals surface area contributed by atoms with Gasteiger partial charge in [-0.05, 0) is 51.4 Å². The van der Waals surface area contributed by atoms with Gasteiger partial charge in [-0.1, -0.05) is 182 Å². The highest BCUT2D eigenvalue weighted by atomic mass is 79.9. The third-order valence-electron chi connectivity index (χ3n) is 9.94. The van der Waals surface area contributed by atoms with Gasteiger partial charge in [0.05, 0.1) is 24.6 Å². The Morgan fingerprint density at radius 3 is 0.524 bits per heavy atom. The molecule has 0 radical (unpaired) electrons. The number of halogens is 1. The van der Waals surface area contributed by atoms with E-state index in [2.05, 4.69) is 27.7 Å². The summed E-state index contributed by atoms with van der Waals surface area (Å²) in [7, 11) is -0.747. The fourth-order valence-electron chi connectivity index (χ4n) is 7.00. The Hall–Kier alpha value is 0.910. The maximum Gasteiger partial charge on any atom is 0.0594 e. The van der Waals surface area contributed by atoms with Crippen LogP contribution in [0.5, 0.6) is 0 Å². The predicted octanol–water partition coefficient (Wildman–Crippen LogP) is 12.6. The Kier molecular flexibility index (Phi) is 40.8. The highest BCUT2D eigenvalue weighted by Gasteiger charge is 2.34. The van der Waals surface area contributed by atoms with Crippen LogP contribution in [0.25, 0.3) is 0 Å². The van der Waals surface area contributed by atoms with Crippen LogP contribution in [0, 0.1) is 0 Å². The predicted molar refractivity (Wildman–Crippen MR) is 197 cm³/mol. The Bertz CT molecular complexity index is 424. The third-order valence-corrected chi connectivity index (χ3v) is 15.0. The maximum atomic E-state index is 2.36. The molecule has 0 aliphatic heterocycles. The second kappa shape index (κ2) is 38.1. The summed E-state index contributed by atoms with van der Waals surface area (Å²) in [4.78, 5) is 0. The molecular weight excluding hydrogens is 591 g/mol. The van der Waals surface area contributed by atoms with Gasteiger partial charge in [0, 0.05) is 7.26 Å². The quantitative estimate of drug-likeness (QED) is 0.0458.